The van der Waals surface area contributed by atoms with E-state index in [1.807, 2.05) is 54.7 Å². The quantitative estimate of drug-likeness (QED) is 0.501. The molecular formula is C25H31N3O3. The first-order chi connectivity index (χ1) is 14.6. The van der Waals surface area contributed by atoms with Gasteiger partial charge in [-0.25, -0.2) is 4.79 Å². The van der Waals surface area contributed by atoms with Crippen LogP contribution in [0.15, 0.2) is 54.7 Å². The van der Waals surface area contributed by atoms with E-state index in [2.05, 4.69) is 29.5 Å². The van der Waals surface area contributed by atoms with Crippen LogP contribution in [0.25, 0.3) is 10.9 Å². The molecule has 164 valence electrons. The molecule has 3 N–H and O–H groups in total. The van der Waals surface area contributed by atoms with E-state index in [0.717, 1.165) is 27.7 Å². The number of H-pyrrole nitrogens is 1. The maximum absolute atomic E-state index is 13.3. The number of aromatic amines is 1. The van der Waals surface area contributed by atoms with Crippen LogP contribution in [0, 0.1) is 0 Å². The number of hydrogen-bond acceptors (Lipinski definition) is 3. The Labute approximate surface area is 183 Å². The van der Waals surface area contributed by atoms with Crippen LogP contribution in [-0.4, -0.2) is 28.6 Å². The molecule has 1 heterocycles. The fourth-order valence-corrected chi connectivity index (χ4v) is 3.51. The monoisotopic (exact) mass is 421 g/mol. The molecule has 2 aromatic carbocycles. The normalized spacial score (nSPS) is 12.6. The number of amides is 2. The summed E-state index contributed by atoms with van der Waals surface area (Å²) in [6.45, 7) is 9.53. The summed E-state index contributed by atoms with van der Waals surface area (Å²) in [6, 6.07) is 14.8. The Morgan fingerprint density at radius 3 is 2.42 bits per heavy atom. The van der Waals surface area contributed by atoms with E-state index in [0.29, 0.717) is 6.42 Å². The van der Waals surface area contributed by atoms with Crippen molar-refractivity contribution in [2.75, 3.05) is 5.32 Å². The van der Waals surface area contributed by atoms with Gasteiger partial charge in [-0.3, -0.25) is 4.79 Å². The van der Waals surface area contributed by atoms with Crippen molar-refractivity contribution >= 4 is 28.6 Å². The van der Waals surface area contributed by atoms with Gasteiger partial charge < -0.3 is 20.4 Å². The lowest BCUT2D eigenvalue weighted by molar-refractivity contribution is -0.118. The number of benzene rings is 2. The lowest BCUT2D eigenvalue weighted by Crippen LogP contribution is -2.47. The van der Waals surface area contributed by atoms with Crippen LogP contribution in [0.2, 0.25) is 0 Å². The van der Waals surface area contributed by atoms with Crippen LogP contribution < -0.4 is 10.6 Å². The highest BCUT2D eigenvalue weighted by Crippen LogP contribution is 2.25. The highest BCUT2D eigenvalue weighted by atomic mass is 16.6. The number of alkyl carbamates (subject to hydrolysis) is 1. The third-order valence-electron chi connectivity index (χ3n) is 4.95. The molecule has 6 nitrogen and oxygen atoms in total. The minimum absolute atomic E-state index is 0.252. The summed E-state index contributed by atoms with van der Waals surface area (Å²) in [6.07, 6.45) is 1.59. The van der Waals surface area contributed by atoms with Gasteiger partial charge in [-0.1, -0.05) is 50.2 Å². The molecule has 1 atom stereocenters. The molecule has 0 radical (unpaired) electrons. The van der Waals surface area contributed by atoms with Crippen LogP contribution in [0.3, 0.4) is 0 Å². The molecule has 0 saturated heterocycles. The van der Waals surface area contributed by atoms with Gasteiger partial charge in [-0.15, -0.1) is 0 Å². The van der Waals surface area contributed by atoms with Crippen molar-refractivity contribution < 1.29 is 14.3 Å². The fourth-order valence-electron chi connectivity index (χ4n) is 3.51. The van der Waals surface area contributed by atoms with Crippen LogP contribution in [-0.2, 0) is 16.0 Å². The van der Waals surface area contributed by atoms with Gasteiger partial charge in [0.1, 0.15) is 11.6 Å². The molecule has 0 aliphatic carbocycles. The second kappa shape index (κ2) is 9.25. The first-order valence-corrected chi connectivity index (χ1v) is 10.6. The molecule has 0 aliphatic rings. The Bertz CT molecular complexity index is 1060. The standard InChI is InChI=1S/C25H31N3O3/c1-16(2)18-10-6-9-13-21(18)27-23(29)22(28-24(30)31-25(3,4)5)14-17-15-26-20-12-8-7-11-19(17)20/h6-13,15-16,22,26H,14H2,1-5H3,(H,27,29)(H,28,30)/t22-/m1/s1. The van der Waals surface area contributed by atoms with E-state index < -0.39 is 17.7 Å². The lowest BCUT2D eigenvalue weighted by atomic mass is 10.0. The highest BCUT2D eigenvalue weighted by Gasteiger charge is 2.26. The first-order valence-electron chi connectivity index (χ1n) is 10.6. The minimum atomic E-state index is -0.797. The third-order valence-corrected chi connectivity index (χ3v) is 4.95. The van der Waals surface area contributed by atoms with Crippen molar-refractivity contribution in [3.8, 4) is 0 Å². The Hall–Kier alpha value is -3.28. The zero-order chi connectivity index (χ0) is 22.6. The fraction of sp³-hybridized carbons (Fsp3) is 0.360. The van der Waals surface area contributed by atoms with Crippen molar-refractivity contribution in [3.05, 3.63) is 65.9 Å². The van der Waals surface area contributed by atoms with Crippen molar-refractivity contribution in [2.45, 2.75) is 58.6 Å². The van der Waals surface area contributed by atoms with E-state index in [9.17, 15) is 9.59 Å². The number of anilines is 1. The molecule has 1 aromatic heterocycles. The summed E-state index contributed by atoms with van der Waals surface area (Å²) in [5.74, 6) is -0.0355. The molecule has 0 saturated carbocycles. The molecule has 2 amide bonds. The van der Waals surface area contributed by atoms with Crippen molar-refractivity contribution in [3.63, 3.8) is 0 Å². The summed E-state index contributed by atoms with van der Waals surface area (Å²) in [5, 5.41) is 6.78. The number of rotatable bonds is 6. The first kappa shape index (κ1) is 22.4. The minimum Gasteiger partial charge on any atom is -0.444 e. The smallest absolute Gasteiger partial charge is 0.408 e. The maximum Gasteiger partial charge on any atom is 0.408 e. The Morgan fingerprint density at radius 2 is 1.71 bits per heavy atom. The van der Waals surface area contributed by atoms with E-state index >= 15 is 0 Å². The Balaban J connectivity index is 1.86. The lowest BCUT2D eigenvalue weighted by Gasteiger charge is -2.24. The molecular weight excluding hydrogens is 390 g/mol. The molecule has 0 spiro atoms. The SMILES string of the molecule is CC(C)c1ccccc1NC(=O)[C@@H](Cc1c[nH]c2ccccc12)NC(=O)OC(C)(C)C. The van der Waals surface area contributed by atoms with Gasteiger partial charge in [0.15, 0.2) is 0 Å². The van der Waals surface area contributed by atoms with E-state index in [1.54, 1.807) is 20.8 Å². The van der Waals surface area contributed by atoms with Gasteiger partial charge in [0.25, 0.3) is 0 Å². The predicted molar refractivity (Wildman–Crippen MR) is 124 cm³/mol. The zero-order valence-electron chi connectivity index (χ0n) is 18.8. The van der Waals surface area contributed by atoms with Gasteiger partial charge in [0.2, 0.25) is 5.91 Å². The van der Waals surface area contributed by atoms with Crippen molar-refractivity contribution in [1.29, 1.82) is 0 Å². The molecule has 6 heteroatoms. The summed E-state index contributed by atoms with van der Waals surface area (Å²) >= 11 is 0. The van der Waals surface area contributed by atoms with E-state index in [1.165, 1.54) is 0 Å². The summed E-state index contributed by atoms with van der Waals surface area (Å²) in [4.78, 5) is 29.0. The van der Waals surface area contributed by atoms with Crippen LogP contribution in [0.1, 0.15) is 51.7 Å². The Kier molecular flexibility index (Phi) is 6.68. The Morgan fingerprint density at radius 1 is 1.03 bits per heavy atom. The van der Waals surface area contributed by atoms with E-state index in [-0.39, 0.29) is 11.8 Å². The number of carbonyl (C=O) groups is 2. The largest absolute Gasteiger partial charge is 0.444 e. The molecule has 0 fully saturated rings. The summed E-state index contributed by atoms with van der Waals surface area (Å²) in [5.41, 5.74) is 3.07. The summed E-state index contributed by atoms with van der Waals surface area (Å²) in [7, 11) is 0. The van der Waals surface area contributed by atoms with Crippen LogP contribution in [0.5, 0.6) is 0 Å². The highest BCUT2D eigenvalue weighted by molar-refractivity contribution is 5.98. The van der Waals surface area contributed by atoms with Gasteiger partial charge in [-0.2, -0.15) is 0 Å². The average molecular weight is 422 g/mol. The number of para-hydroxylation sites is 2. The van der Waals surface area contributed by atoms with Crippen molar-refractivity contribution in [2.24, 2.45) is 0 Å². The molecule has 3 aromatic rings. The van der Waals surface area contributed by atoms with Crippen LogP contribution in [0.4, 0.5) is 10.5 Å². The van der Waals surface area contributed by atoms with Crippen LogP contribution >= 0.6 is 0 Å². The average Bonchev–Trinajstić information content (AvgIpc) is 3.09. The number of nitrogens with one attached hydrogen (secondary N) is 3. The number of hydrogen-bond donors (Lipinski definition) is 3. The maximum atomic E-state index is 13.3. The molecule has 0 bridgehead atoms. The number of fused-ring (bicyclic) bond motifs is 1. The van der Waals surface area contributed by atoms with E-state index in [4.69, 9.17) is 4.74 Å². The second-order valence-corrected chi connectivity index (χ2v) is 8.99. The van der Waals surface area contributed by atoms with Gasteiger partial charge in [0.05, 0.1) is 0 Å². The zero-order valence-corrected chi connectivity index (χ0v) is 18.8. The molecule has 0 aliphatic heterocycles. The molecule has 3 rings (SSSR count). The molecule has 31 heavy (non-hydrogen) atoms. The third kappa shape index (κ3) is 5.87. The van der Waals surface area contributed by atoms with Gasteiger partial charge >= 0.3 is 6.09 Å². The van der Waals surface area contributed by atoms with Gasteiger partial charge in [-0.05, 0) is 49.9 Å². The number of ether oxygens (including phenoxy) is 1. The van der Waals surface area contributed by atoms with Gasteiger partial charge in [0, 0.05) is 29.2 Å². The predicted octanol–water partition coefficient (Wildman–Crippen LogP) is 5.37. The number of carbonyl (C=O) groups excluding carboxylic acids is 2. The topological polar surface area (TPSA) is 83.2 Å². The summed E-state index contributed by atoms with van der Waals surface area (Å²) < 4.78 is 5.40. The number of aromatic nitrogens is 1. The van der Waals surface area contributed by atoms with Crippen molar-refractivity contribution in [1.82, 2.24) is 10.3 Å². The second-order valence-electron chi connectivity index (χ2n) is 8.99. The molecule has 0 unspecified atom stereocenters.